The van der Waals surface area contributed by atoms with Gasteiger partial charge in [-0.05, 0) is 38.5 Å². The molecule has 0 aromatic rings. The fourth-order valence-electron chi connectivity index (χ4n) is 2.12. The molecule has 0 radical (unpaired) electrons. The first-order valence-electron chi connectivity index (χ1n) is 6.89. The molecule has 1 saturated heterocycles. The van der Waals surface area contributed by atoms with E-state index in [1.165, 1.54) is 6.42 Å². The monoisotopic (exact) mass is 241 g/mol. The standard InChI is InChI=1S/C13H27N3O/c1-4-7-16(5-2)8-6-15-13(17)11(3)12-9-14-10-12/h11-12,14H,4-10H2,1-3H3,(H,15,17). The summed E-state index contributed by atoms with van der Waals surface area (Å²) in [6.07, 6.45) is 1.17. The van der Waals surface area contributed by atoms with E-state index in [2.05, 4.69) is 29.4 Å². The van der Waals surface area contributed by atoms with Gasteiger partial charge < -0.3 is 15.5 Å². The molecule has 1 aliphatic rings. The molecule has 2 N–H and O–H groups in total. The lowest BCUT2D eigenvalue weighted by Gasteiger charge is -2.32. The summed E-state index contributed by atoms with van der Waals surface area (Å²) in [7, 11) is 0. The fourth-order valence-corrected chi connectivity index (χ4v) is 2.12. The van der Waals surface area contributed by atoms with E-state index in [0.29, 0.717) is 5.92 Å². The van der Waals surface area contributed by atoms with Crippen molar-refractivity contribution in [3.63, 3.8) is 0 Å². The van der Waals surface area contributed by atoms with Gasteiger partial charge in [-0.1, -0.05) is 20.8 Å². The van der Waals surface area contributed by atoms with Crippen LogP contribution in [0.4, 0.5) is 0 Å². The minimum Gasteiger partial charge on any atom is -0.355 e. The van der Waals surface area contributed by atoms with Crippen molar-refractivity contribution in [1.29, 1.82) is 0 Å². The first-order valence-corrected chi connectivity index (χ1v) is 6.89. The Morgan fingerprint density at radius 2 is 2.12 bits per heavy atom. The average molecular weight is 241 g/mol. The predicted molar refractivity (Wildman–Crippen MR) is 70.9 cm³/mol. The molecule has 0 aromatic carbocycles. The largest absolute Gasteiger partial charge is 0.355 e. The molecule has 1 atom stereocenters. The fraction of sp³-hybridized carbons (Fsp3) is 0.923. The van der Waals surface area contributed by atoms with Gasteiger partial charge in [0.05, 0.1) is 0 Å². The van der Waals surface area contributed by atoms with E-state index in [9.17, 15) is 4.79 Å². The smallest absolute Gasteiger partial charge is 0.223 e. The third kappa shape index (κ3) is 4.64. The third-order valence-electron chi connectivity index (χ3n) is 3.65. The number of likely N-dealkylation sites (N-methyl/N-ethyl adjacent to an activating group) is 1. The molecule has 0 spiro atoms. The lowest BCUT2D eigenvalue weighted by Crippen LogP contribution is -2.50. The van der Waals surface area contributed by atoms with Gasteiger partial charge in [-0.15, -0.1) is 0 Å². The summed E-state index contributed by atoms with van der Waals surface area (Å²) in [6.45, 7) is 12.3. The van der Waals surface area contributed by atoms with E-state index >= 15 is 0 Å². The Morgan fingerprint density at radius 3 is 2.59 bits per heavy atom. The van der Waals surface area contributed by atoms with Crippen LogP contribution in [0.15, 0.2) is 0 Å². The van der Waals surface area contributed by atoms with Crippen molar-refractivity contribution >= 4 is 5.91 Å². The van der Waals surface area contributed by atoms with E-state index in [0.717, 1.165) is 39.3 Å². The van der Waals surface area contributed by atoms with Crippen LogP contribution < -0.4 is 10.6 Å². The molecule has 0 bridgehead atoms. The van der Waals surface area contributed by atoms with Crippen molar-refractivity contribution in [1.82, 2.24) is 15.5 Å². The molecular formula is C13H27N3O. The number of hydrogen-bond donors (Lipinski definition) is 2. The van der Waals surface area contributed by atoms with Gasteiger partial charge in [0, 0.05) is 19.0 Å². The summed E-state index contributed by atoms with van der Waals surface area (Å²) >= 11 is 0. The summed E-state index contributed by atoms with van der Waals surface area (Å²) in [5.74, 6) is 0.898. The normalized spacial score (nSPS) is 17.9. The average Bonchev–Trinajstić information content (AvgIpc) is 2.25. The Balaban J connectivity index is 2.14. The van der Waals surface area contributed by atoms with Gasteiger partial charge in [-0.3, -0.25) is 4.79 Å². The topological polar surface area (TPSA) is 44.4 Å². The first-order chi connectivity index (χ1) is 8.19. The molecule has 4 heteroatoms. The van der Waals surface area contributed by atoms with Crippen LogP contribution in [-0.2, 0) is 4.79 Å². The van der Waals surface area contributed by atoms with Crippen molar-refractivity contribution in [2.75, 3.05) is 39.3 Å². The second-order valence-corrected chi connectivity index (χ2v) is 4.93. The molecule has 1 fully saturated rings. The van der Waals surface area contributed by atoms with Crippen LogP contribution in [0.5, 0.6) is 0 Å². The maximum atomic E-state index is 11.8. The second-order valence-electron chi connectivity index (χ2n) is 4.93. The summed E-state index contributed by atoms with van der Waals surface area (Å²) < 4.78 is 0. The number of carbonyl (C=O) groups is 1. The second kappa shape index (κ2) is 7.67. The van der Waals surface area contributed by atoms with Gasteiger partial charge >= 0.3 is 0 Å². The summed E-state index contributed by atoms with van der Waals surface area (Å²) in [6, 6.07) is 0. The zero-order chi connectivity index (χ0) is 12.7. The van der Waals surface area contributed by atoms with Crippen molar-refractivity contribution in [2.45, 2.75) is 27.2 Å². The van der Waals surface area contributed by atoms with Crippen LogP contribution in [0.3, 0.4) is 0 Å². The maximum absolute atomic E-state index is 11.8. The quantitative estimate of drug-likeness (QED) is 0.657. The van der Waals surface area contributed by atoms with Crippen molar-refractivity contribution in [3.8, 4) is 0 Å². The molecule has 100 valence electrons. The van der Waals surface area contributed by atoms with Crippen molar-refractivity contribution in [3.05, 3.63) is 0 Å². The van der Waals surface area contributed by atoms with Gasteiger partial charge in [0.15, 0.2) is 0 Å². The van der Waals surface area contributed by atoms with E-state index in [4.69, 9.17) is 0 Å². The van der Waals surface area contributed by atoms with E-state index in [1.807, 2.05) is 6.92 Å². The molecule has 4 nitrogen and oxygen atoms in total. The molecule has 1 aliphatic heterocycles. The number of nitrogens with one attached hydrogen (secondary N) is 2. The van der Waals surface area contributed by atoms with Gasteiger partial charge in [-0.25, -0.2) is 0 Å². The highest BCUT2D eigenvalue weighted by molar-refractivity contribution is 5.78. The molecule has 0 aromatic heterocycles. The minimum atomic E-state index is 0.150. The number of carbonyl (C=O) groups excluding carboxylic acids is 1. The Morgan fingerprint density at radius 1 is 1.41 bits per heavy atom. The van der Waals surface area contributed by atoms with Crippen LogP contribution >= 0.6 is 0 Å². The maximum Gasteiger partial charge on any atom is 0.223 e. The van der Waals surface area contributed by atoms with Crippen LogP contribution in [-0.4, -0.2) is 50.1 Å². The number of hydrogen-bond acceptors (Lipinski definition) is 3. The Bertz CT molecular complexity index is 229. The van der Waals surface area contributed by atoms with Crippen molar-refractivity contribution in [2.24, 2.45) is 11.8 Å². The molecular weight excluding hydrogens is 214 g/mol. The van der Waals surface area contributed by atoms with Crippen molar-refractivity contribution < 1.29 is 4.79 Å². The van der Waals surface area contributed by atoms with Gasteiger partial charge in [0.2, 0.25) is 5.91 Å². The van der Waals surface area contributed by atoms with E-state index in [1.54, 1.807) is 0 Å². The molecule has 17 heavy (non-hydrogen) atoms. The van der Waals surface area contributed by atoms with Gasteiger partial charge in [-0.2, -0.15) is 0 Å². The number of nitrogens with zero attached hydrogens (tertiary/aromatic N) is 1. The molecule has 0 aliphatic carbocycles. The Hall–Kier alpha value is -0.610. The van der Waals surface area contributed by atoms with Gasteiger partial charge in [0.25, 0.3) is 0 Å². The molecule has 0 saturated carbocycles. The Labute approximate surface area is 105 Å². The third-order valence-corrected chi connectivity index (χ3v) is 3.65. The summed E-state index contributed by atoms with van der Waals surface area (Å²) in [5, 5.41) is 6.26. The van der Waals surface area contributed by atoms with Crippen LogP contribution in [0.25, 0.3) is 0 Å². The number of amides is 1. The SMILES string of the molecule is CCCN(CC)CCNC(=O)C(C)C1CNC1. The van der Waals surface area contributed by atoms with Gasteiger partial charge in [0.1, 0.15) is 0 Å². The first kappa shape index (κ1) is 14.5. The summed E-state index contributed by atoms with van der Waals surface area (Å²) in [4.78, 5) is 14.2. The van der Waals surface area contributed by atoms with E-state index in [-0.39, 0.29) is 11.8 Å². The lowest BCUT2D eigenvalue weighted by atomic mass is 9.88. The molecule has 1 unspecified atom stereocenters. The van der Waals surface area contributed by atoms with Crippen LogP contribution in [0, 0.1) is 11.8 Å². The highest BCUT2D eigenvalue weighted by Crippen LogP contribution is 2.15. The highest BCUT2D eigenvalue weighted by Gasteiger charge is 2.28. The molecule has 1 rings (SSSR count). The lowest BCUT2D eigenvalue weighted by molar-refractivity contribution is -0.126. The summed E-state index contributed by atoms with van der Waals surface area (Å²) in [5.41, 5.74) is 0. The zero-order valence-electron chi connectivity index (χ0n) is 11.5. The number of rotatable bonds is 8. The predicted octanol–water partition coefficient (Wildman–Crippen LogP) is 0.690. The van der Waals surface area contributed by atoms with Crippen LogP contribution in [0.1, 0.15) is 27.2 Å². The zero-order valence-corrected chi connectivity index (χ0v) is 11.5. The molecule has 1 heterocycles. The Kier molecular flexibility index (Phi) is 6.52. The molecule has 1 amide bonds. The highest BCUT2D eigenvalue weighted by atomic mass is 16.1. The van der Waals surface area contributed by atoms with Crippen LogP contribution in [0.2, 0.25) is 0 Å². The minimum absolute atomic E-state index is 0.150. The van der Waals surface area contributed by atoms with E-state index < -0.39 is 0 Å².